The van der Waals surface area contributed by atoms with E-state index in [4.69, 9.17) is 16.3 Å². The van der Waals surface area contributed by atoms with Crippen LogP contribution in [0.2, 0.25) is 5.15 Å². The van der Waals surface area contributed by atoms with Gasteiger partial charge in [-0.3, -0.25) is 9.58 Å². The van der Waals surface area contributed by atoms with Gasteiger partial charge < -0.3 is 9.64 Å². The lowest BCUT2D eigenvalue weighted by Crippen LogP contribution is -2.59. The number of ether oxygens (including phenoxy) is 1. The molecule has 2 heterocycles. The summed E-state index contributed by atoms with van der Waals surface area (Å²) in [5.41, 5.74) is 1.54. The van der Waals surface area contributed by atoms with Crippen LogP contribution in [-0.4, -0.2) is 56.4 Å². The first kappa shape index (κ1) is 19.1. The molecule has 1 amide bonds. The van der Waals surface area contributed by atoms with Crippen LogP contribution in [-0.2, 0) is 18.3 Å². The third-order valence-corrected chi connectivity index (χ3v) is 5.13. The zero-order valence-corrected chi connectivity index (χ0v) is 16.5. The standard InChI is InChI=1S/C17H29ClN4O2/c1-11-14(15(18)20(7)19-11)10-21-8-9-22(13(3)12(21)2)16(23)24-17(4,5)6/h12-13H,8-10H2,1-7H3/t12-,13+/m1/s1. The molecule has 0 spiro atoms. The zero-order valence-electron chi connectivity index (χ0n) is 15.8. The number of nitrogens with zero attached hydrogens (tertiary/aromatic N) is 4. The van der Waals surface area contributed by atoms with Crippen molar-refractivity contribution in [2.75, 3.05) is 13.1 Å². The Morgan fingerprint density at radius 3 is 2.42 bits per heavy atom. The number of hydrogen-bond acceptors (Lipinski definition) is 4. The third kappa shape index (κ3) is 4.03. The monoisotopic (exact) mass is 356 g/mol. The van der Waals surface area contributed by atoms with Crippen molar-refractivity contribution in [3.63, 3.8) is 0 Å². The van der Waals surface area contributed by atoms with Crippen LogP contribution in [0.3, 0.4) is 0 Å². The quantitative estimate of drug-likeness (QED) is 0.816. The van der Waals surface area contributed by atoms with Crippen LogP contribution in [0.5, 0.6) is 0 Å². The van der Waals surface area contributed by atoms with Crippen LogP contribution in [0.15, 0.2) is 0 Å². The minimum atomic E-state index is -0.475. The SMILES string of the molecule is Cc1nn(C)c(Cl)c1CN1CCN(C(=O)OC(C)(C)C)[C@@H](C)[C@H]1C. The van der Waals surface area contributed by atoms with Gasteiger partial charge >= 0.3 is 6.09 Å². The number of hydrogen-bond donors (Lipinski definition) is 0. The maximum absolute atomic E-state index is 12.4. The molecule has 2 atom stereocenters. The van der Waals surface area contributed by atoms with Gasteiger partial charge in [0.05, 0.1) is 5.69 Å². The summed E-state index contributed by atoms with van der Waals surface area (Å²) in [6, 6.07) is 0.284. The number of carbonyl (C=O) groups excluding carboxylic acids is 1. The molecule has 0 saturated carbocycles. The van der Waals surface area contributed by atoms with Crippen LogP contribution < -0.4 is 0 Å². The number of carbonyl (C=O) groups is 1. The van der Waals surface area contributed by atoms with E-state index >= 15 is 0 Å². The minimum Gasteiger partial charge on any atom is -0.444 e. The molecular weight excluding hydrogens is 328 g/mol. The Balaban J connectivity index is 2.07. The van der Waals surface area contributed by atoms with Crippen LogP contribution in [0, 0.1) is 6.92 Å². The Morgan fingerprint density at radius 1 is 1.29 bits per heavy atom. The van der Waals surface area contributed by atoms with Crippen molar-refractivity contribution in [2.45, 2.75) is 65.8 Å². The van der Waals surface area contributed by atoms with Gasteiger partial charge in [0.15, 0.2) is 0 Å². The molecule has 1 fully saturated rings. The highest BCUT2D eigenvalue weighted by atomic mass is 35.5. The number of amides is 1. The van der Waals surface area contributed by atoms with E-state index in [1.54, 1.807) is 4.68 Å². The molecule has 1 aromatic rings. The van der Waals surface area contributed by atoms with Crippen LogP contribution >= 0.6 is 11.6 Å². The Morgan fingerprint density at radius 2 is 1.92 bits per heavy atom. The van der Waals surface area contributed by atoms with Gasteiger partial charge in [-0.05, 0) is 41.5 Å². The molecule has 0 aromatic carbocycles. The summed E-state index contributed by atoms with van der Waals surface area (Å²) in [5.74, 6) is 0. The predicted octanol–water partition coefficient (Wildman–Crippen LogP) is 3.21. The van der Waals surface area contributed by atoms with Crippen molar-refractivity contribution < 1.29 is 9.53 Å². The molecule has 1 aliphatic rings. The average molecular weight is 357 g/mol. The van der Waals surface area contributed by atoms with E-state index in [1.165, 1.54) is 0 Å². The molecule has 136 valence electrons. The fourth-order valence-electron chi connectivity index (χ4n) is 3.07. The highest BCUT2D eigenvalue weighted by Crippen LogP contribution is 2.25. The summed E-state index contributed by atoms with van der Waals surface area (Å²) in [6.45, 7) is 14.0. The summed E-state index contributed by atoms with van der Waals surface area (Å²) in [4.78, 5) is 16.6. The molecule has 1 aliphatic heterocycles. The summed E-state index contributed by atoms with van der Waals surface area (Å²) < 4.78 is 7.23. The smallest absolute Gasteiger partial charge is 0.410 e. The Bertz CT molecular complexity index is 608. The highest BCUT2D eigenvalue weighted by Gasteiger charge is 2.36. The lowest BCUT2D eigenvalue weighted by Gasteiger charge is -2.45. The van der Waals surface area contributed by atoms with Gasteiger partial charge in [0.1, 0.15) is 10.8 Å². The maximum atomic E-state index is 12.4. The fourth-order valence-corrected chi connectivity index (χ4v) is 3.30. The van der Waals surface area contributed by atoms with E-state index < -0.39 is 5.60 Å². The highest BCUT2D eigenvalue weighted by molar-refractivity contribution is 6.30. The largest absolute Gasteiger partial charge is 0.444 e. The van der Waals surface area contributed by atoms with E-state index in [0.29, 0.717) is 11.7 Å². The summed E-state index contributed by atoms with van der Waals surface area (Å²) in [6.07, 6.45) is -0.239. The number of rotatable bonds is 2. The van der Waals surface area contributed by atoms with Crippen LogP contribution in [0.1, 0.15) is 45.9 Å². The molecule has 0 bridgehead atoms. The Hall–Kier alpha value is -1.27. The summed E-state index contributed by atoms with van der Waals surface area (Å²) >= 11 is 6.36. The van der Waals surface area contributed by atoms with Crippen molar-refractivity contribution in [1.29, 1.82) is 0 Å². The van der Waals surface area contributed by atoms with Crippen LogP contribution in [0.25, 0.3) is 0 Å². The molecule has 1 saturated heterocycles. The molecule has 24 heavy (non-hydrogen) atoms. The van der Waals surface area contributed by atoms with Gasteiger partial charge in [-0.25, -0.2) is 4.79 Å². The van der Waals surface area contributed by atoms with Crippen molar-refractivity contribution in [2.24, 2.45) is 7.05 Å². The van der Waals surface area contributed by atoms with E-state index in [1.807, 2.05) is 39.6 Å². The lowest BCUT2D eigenvalue weighted by molar-refractivity contribution is -0.0144. The Kier molecular flexibility index (Phi) is 5.50. The van der Waals surface area contributed by atoms with E-state index in [0.717, 1.165) is 24.3 Å². The van der Waals surface area contributed by atoms with E-state index in [-0.39, 0.29) is 18.2 Å². The van der Waals surface area contributed by atoms with Gasteiger partial charge in [0, 0.05) is 44.3 Å². The lowest BCUT2D eigenvalue weighted by atomic mass is 10.0. The van der Waals surface area contributed by atoms with Crippen molar-refractivity contribution >= 4 is 17.7 Å². The number of aryl methyl sites for hydroxylation is 2. The molecule has 0 aliphatic carbocycles. The fraction of sp³-hybridized carbons (Fsp3) is 0.765. The molecule has 0 unspecified atom stereocenters. The van der Waals surface area contributed by atoms with Gasteiger partial charge in [-0.15, -0.1) is 0 Å². The maximum Gasteiger partial charge on any atom is 0.410 e. The van der Waals surface area contributed by atoms with Crippen molar-refractivity contribution in [3.8, 4) is 0 Å². The molecule has 1 aromatic heterocycles. The number of aromatic nitrogens is 2. The third-order valence-electron chi connectivity index (χ3n) is 4.65. The van der Waals surface area contributed by atoms with Crippen molar-refractivity contribution in [3.05, 3.63) is 16.4 Å². The molecule has 2 rings (SSSR count). The van der Waals surface area contributed by atoms with Gasteiger partial charge in [0.25, 0.3) is 0 Å². The summed E-state index contributed by atoms with van der Waals surface area (Å²) in [5, 5.41) is 5.06. The average Bonchev–Trinajstić information content (AvgIpc) is 2.68. The molecule has 0 N–H and O–H groups in total. The molecular formula is C17H29ClN4O2. The number of halogens is 1. The normalized spacial score (nSPS) is 22.8. The number of piperazine rings is 1. The molecule has 0 radical (unpaired) electrons. The second-order valence-corrected chi connectivity index (χ2v) is 7.96. The zero-order chi connectivity index (χ0) is 18.2. The summed E-state index contributed by atoms with van der Waals surface area (Å²) in [7, 11) is 1.85. The van der Waals surface area contributed by atoms with Crippen LogP contribution in [0.4, 0.5) is 4.79 Å². The van der Waals surface area contributed by atoms with E-state index in [9.17, 15) is 4.79 Å². The molecule has 7 heteroatoms. The van der Waals surface area contributed by atoms with Gasteiger partial charge in [-0.2, -0.15) is 5.10 Å². The van der Waals surface area contributed by atoms with Gasteiger partial charge in [-0.1, -0.05) is 11.6 Å². The molecule has 6 nitrogen and oxygen atoms in total. The van der Waals surface area contributed by atoms with Crippen molar-refractivity contribution in [1.82, 2.24) is 19.6 Å². The first-order valence-corrected chi connectivity index (χ1v) is 8.80. The van der Waals surface area contributed by atoms with E-state index in [2.05, 4.69) is 23.8 Å². The second-order valence-electron chi connectivity index (χ2n) is 7.60. The van der Waals surface area contributed by atoms with Gasteiger partial charge in [0.2, 0.25) is 0 Å². The first-order chi connectivity index (χ1) is 11.0. The predicted molar refractivity (Wildman–Crippen MR) is 95.2 cm³/mol. The first-order valence-electron chi connectivity index (χ1n) is 8.43. The minimum absolute atomic E-state index is 0.0735. The Labute approximate surface area is 149 Å². The topological polar surface area (TPSA) is 50.6 Å². The second kappa shape index (κ2) is 6.92.